The van der Waals surface area contributed by atoms with E-state index in [0.29, 0.717) is 4.57 Å². The summed E-state index contributed by atoms with van der Waals surface area (Å²) in [6.45, 7) is 2.45. The molecule has 2 heterocycles. The molecule has 1 aliphatic heterocycles. The molecule has 0 aliphatic carbocycles. The van der Waals surface area contributed by atoms with Gasteiger partial charge in [-0.05, 0) is 24.8 Å². The molecular weight excluding hydrogens is 530 g/mol. The van der Waals surface area contributed by atoms with E-state index < -0.39 is 59.9 Å². The third-order valence-corrected chi connectivity index (χ3v) is 8.41. The Hall–Kier alpha value is -1.06. The predicted molar refractivity (Wildman–Crippen MR) is 111 cm³/mol. The van der Waals surface area contributed by atoms with Crippen molar-refractivity contribution in [3.8, 4) is 0 Å². The molecule has 1 aromatic heterocycles. The van der Waals surface area contributed by atoms with Gasteiger partial charge < -0.3 is 35.2 Å². The van der Waals surface area contributed by atoms with Crippen LogP contribution < -0.4 is 11.4 Å². The molecule has 1 aliphatic rings. The number of aliphatic hydroxyl groups is 1. The first-order valence-corrected chi connectivity index (χ1v) is 14.0. The van der Waals surface area contributed by atoms with E-state index in [-0.39, 0.29) is 24.6 Å². The lowest BCUT2D eigenvalue weighted by Gasteiger charge is -2.32. The van der Waals surface area contributed by atoms with Gasteiger partial charge in [0.15, 0.2) is 12.4 Å². The topological polar surface area (TPSA) is 250 Å². The molecule has 20 heteroatoms. The molecule has 0 aromatic carbocycles. The molecule has 1 saturated heterocycles. The number of anilines is 1. The molecule has 0 spiro atoms. The highest BCUT2D eigenvalue weighted by Crippen LogP contribution is 2.66. The van der Waals surface area contributed by atoms with Gasteiger partial charge in [0.05, 0.1) is 6.61 Å². The quantitative estimate of drug-likeness (QED) is 0.204. The molecule has 34 heavy (non-hydrogen) atoms. The first kappa shape index (κ1) is 29.2. The minimum atomic E-state index is -5.79. The van der Waals surface area contributed by atoms with Gasteiger partial charge >= 0.3 is 29.2 Å². The molecule has 0 amide bonds. The van der Waals surface area contributed by atoms with Crippen LogP contribution in [0.5, 0.6) is 0 Å². The van der Waals surface area contributed by atoms with Crippen LogP contribution in [-0.4, -0.2) is 58.7 Å². The van der Waals surface area contributed by atoms with E-state index >= 15 is 4.39 Å². The fourth-order valence-corrected chi connectivity index (χ4v) is 6.15. The maximum Gasteiger partial charge on any atom is 0.490 e. The summed E-state index contributed by atoms with van der Waals surface area (Å²) in [5, 5.41) is 10.6. The van der Waals surface area contributed by atoms with Crippen LogP contribution in [0.15, 0.2) is 17.1 Å². The van der Waals surface area contributed by atoms with Crippen LogP contribution in [0, 0.1) is 5.92 Å². The number of phosphoric acid groups is 3. The van der Waals surface area contributed by atoms with E-state index in [2.05, 4.69) is 18.1 Å². The molecule has 196 valence electrons. The molecule has 0 bridgehead atoms. The lowest BCUT2D eigenvalue weighted by atomic mass is 9.89. The van der Waals surface area contributed by atoms with Crippen molar-refractivity contribution in [2.24, 2.45) is 5.92 Å². The van der Waals surface area contributed by atoms with Crippen molar-refractivity contribution in [2.75, 3.05) is 12.3 Å². The smallest absolute Gasteiger partial charge is 0.387 e. The number of alkyl halides is 1. The van der Waals surface area contributed by atoms with Gasteiger partial charge in [0.1, 0.15) is 17.5 Å². The lowest BCUT2D eigenvalue weighted by Crippen LogP contribution is -2.46. The van der Waals surface area contributed by atoms with Crippen LogP contribution in [0.3, 0.4) is 0 Å². The summed E-state index contributed by atoms with van der Waals surface area (Å²) in [6, 6.07) is 1.17. The number of phosphoric ester groups is 1. The minimum Gasteiger partial charge on any atom is -0.387 e. The second kappa shape index (κ2) is 10.5. The number of nitrogens with zero attached hydrogens (tertiary/aromatic N) is 2. The summed E-state index contributed by atoms with van der Waals surface area (Å²) < 4.78 is 67.6. The third kappa shape index (κ3) is 7.72. The van der Waals surface area contributed by atoms with E-state index in [1.54, 1.807) is 13.8 Å². The SMILES string of the molecule is CC(C)CC[C@]1(COP(=O)(O)OP(=O)(O)OP(=O)(O)O)O[C@@H](n2ccc(N)nc2=O)[C@H](F)[C@@H]1O. The van der Waals surface area contributed by atoms with Gasteiger partial charge in [0, 0.05) is 6.20 Å². The second-order valence-corrected chi connectivity index (χ2v) is 12.2. The van der Waals surface area contributed by atoms with E-state index in [1.165, 1.54) is 6.07 Å². The minimum absolute atomic E-state index is 0.0304. The summed E-state index contributed by atoms with van der Waals surface area (Å²) in [6.07, 6.45) is -4.85. The second-order valence-electron chi connectivity index (χ2n) is 7.80. The molecule has 1 aromatic rings. The van der Waals surface area contributed by atoms with Crippen molar-refractivity contribution in [1.82, 2.24) is 9.55 Å². The number of nitrogen functional groups attached to an aromatic ring is 1. The Labute approximate surface area is 191 Å². The van der Waals surface area contributed by atoms with Crippen LogP contribution in [0.25, 0.3) is 0 Å². The maximum atomic E-state index is 15.0. The summed E-state index contributed by atoms with van der Waals surface area (Å²) in [5.41, 5.74) is 2.34. The van der Waals surface area contributed by atoms with Gasteiger partial charge in [-0.3, -0.25) is 9.09 Å². The number of hydrogen-bond acceptors (Lipinski definition) is 11. The van der Waals surface area contributed by atoms with Crippen LogP contribution in [0.4, 0.5) is 10.2 Å². The number of halogens is 1. The largest absolute Gasteiger partial charge is 0.490 e. The molecule has 16 nitrogen and oxygen atoms in total. The van der Waals surface area contributed by atoms with Gasteiger partial charge in [-0.2, -0.15) is 13.6 Å². The summed E-state index contributed by atoms with van der Waals surface area (Å²) in [4.78, 5) is 51.7. The van der Waals surface area contributed by atoms with Crippen LogP contribution >= 0.6 is 23.5 Å². The molecule has 7 N–H and O–H groups in total. The van der Waals surface area contributed by atoms with E-state index in [4.69, 9.17) is 20.3 Å². The zero-order valence-corrected chi connectivity index (χ0v) is 20.5. The van der Waals surface area contributed by atoms with Gasteiger partial charge in [-0.25, -0.2) is 22.9 Å². The summed E-state index contributed by atoms with van der Waals surface area (Å²) >= 11 is 0. The molecular formula is C14H25FN3O13P3. The van der Waals surface area contributed by atoms with Crippen molar-refractivity contribution >= 4 is 29.3 Å². The fraction of sp³-hybridized carbons (Fsp3) is 0.714. The first-order chi connectivity index (χ1) is 15.4. The normalized spacial score (nSPS) is 29.1. The van der Waals surface area contributed by atoms with Crippen molar-refractivity contribution in [3.05, 3.63) is 22.7 Å². The molecule has 2 rings (SSSR count). The van der Waals surface area contributed by atoms with Crippen LogP contribution in [0.1, 0.15) is 32.9 Å². The molecule has 1 fully saturated rings. The zero-order chi connectivity index (χ0) is 26.1. The van der Waals surface area contributed by atoms with Crippen molar-refractivity contribution in [1.29, 1.82) is 0 Å². The number of rotatable bonds is 11. The highest BCUT2D eigenvalue weighted by Gasteiger charge is 2.57. The molecule has 6 atom stereocenters. The van der Waals surface area contributed by atoms with Crippen molar-refractivity contribution in [3.63, 3.8) is 0 Å². The van der Waals surface area contributed by atoms with Crippen molar-refractivity contribution < 1.29 is 60.6 Å². The fourth-order valence-electron chi connectivity index (χ4n) is 3.08. The molecule has 0 radical (unpaired) electrons. The Morgan fingerprint density at radius 1 is 1.24 bits per heavy atom. The lowest BCUT2D eigenvalue weighted by molar-refractivity contribution is -0.132. The highest BCUT2D eigenvalue weighted by atomic mass is 31.3. The molecule has 2 unspecified atom stereocenters. The maximum absolute atomic E-state index is 15.0. The van der Waals surface area contributed by atoms with Crippen LogP contribution in [0.2, 0.25) is 0 Å². The Bertz CT molecular complexity index is 1080. The third-order valence-electron chi connectivity index (χ3n) is 4.63. The highest BCUT2D eigenvalue weighted by molar-refractivity contribution is 7.66. The van der Waals surface area contributed by atoms with Gasteiger partial charge in [0.2, 0.25) is 0 Å². The summed E-state index contributed by atoms with van der Waals surface area (Å²) in [7, 11) is -17.0. The van der Waals surface area contributed by atoms with Crippen molar-refractivity contribution in [2.45, 2.75) is 50.8 Å². The van der Waals surface area contributed by atoms with Gasteiger partial charge in [-0.1, -0.05) is 13.8 Å². The zero-order valence-electron chi connectivity index (χ0n) is 17.8. The van der Waals surface area contributed by atoms with Gasteiger partial charge in [-0.15, -0.1) is 0 Å². The average Bonchev–Trinajstić information content (AvgIpc) is 2.88. The van der Waals surface area contributed by atoms with E-state index in [0.717, 1.165) is 6.20 Å². The van der Waals surface area contributed by atoms with Crippen LogP contribution in [-0.2, 0) is 31.6 Å². The Balaban J connectivity index is 2.30. The van der Waals surface area contributed by atoms with Gasteiger partial charge in [0.25, 0.3) is 0 Å². The number of hydrogen-bond donors (Lipinski definition) is 6. The average molecular weight is 555 g/mol. The standard InChI is InChI=1S/C14H25FN3O13P3/c1-8(2)3-5-14(7-28-33(24,25)31-34(26,27)30-32(21,22)23)11(19)10(15)12(29-14)18-6-4-9(16)17-13(18)20/h4,6,8,10-12,19H,3,5,7H2,1-2H3,(H,24,25)(H,26,27)(H2,16,17,20)(H2,21,22,23)/t10-,11+,12-,14-/m1/s1. The summed E-state index contributed by atoms with van der Waals surface area (Å²) in [5.74, 6) is -0.189. The number of aromatic nitrogens is 2. The Kier molecular flexibility index (Phi) is 9.02. The number of aliphatic hydroxyl groups excluding tert-OH is 1. The first-order valence-electron chi connectivity index (χ1n) is 9.49. The predicted octanol–water partition coefficient (Wildman–Crippen LogP) is 0.572. The van der Waals surface area contributed by atoms with E-state index in [9.17, 15) is 33.4 Å². The van der Waals surface area contributed by atoms with E-state index in [1.807, 2.05) is 0 Å². The number of ether oxygens (including phenoxy) is 1. The molecule has 0 saturated carbocycles. The Morgan fingerprint density at radius 3 is 2.38 bits per heavy atom. The Morgan fingerprint density at radius 2 is 1.85 bits per heavy atom. The monoisotopic (exact) mass is 555 g/mol. The number of nitrogens with two attached hydrogens (primary N) is 1.